The number of alkyl halides is 2. The molecule has 0 saturated carbocycles. The van der Waals surface area contributed by atoms with Gasteiger partial charge in [-0.25, -0.2) is 0 Å². The maximum absolute atomic E-state index is 12.0. The zero-order chi connectivity index (χ0) is 14.3. The normalized spacial score (nSPS) is 11.6. The Balaban J connectivity index is 2.35. The predicted molar refractivity (Wildman–Crippen MR) is 72.5 cm³/mol. The number of nitrogens with one attached hydrogen (secondary N) is 1. The third kappa shape index (κ3) is 7.08. The zero-order valence-corrected chi connectivity index (χ0v) is 11.7. The average Bonchev–Trinajstić information content (AvgIpc) is 2.30. The minimum atomic E-state index is -2.77. The first-order chi connectivity index (χ1) is 8.97. The van der Waals surface area contributed by atoms with Crippen LogP contribution in [0.2, 0.25) is 0 Å². The Morgan fingerprint density at radius 1 is 1.21 bits per heavy atom. The maximum Gasteiger partial charge on any atom is 0.387 e. The van der Waals surface area contributed by atoms with Crippen LogP contribution >= 0.6 is 0 Å². The average molecular weight is 272 g/mol. The van der Waals surface area contributed by atoms with Crippen molar-refractivity contribution in [2.24, 2.45) is 0 Å². The maximum atomic E-state index is 12.0. The molecule has 0 amide bonds. The molecule has 1 aromatic carbocycles. The standard InChI is InChI=1S/C14H22F2N2O/c1-11(2)17-8-9-18(3)10-12-4-6-13(7-5-12)19-14(15)16/h4-7,11,14,17H,8-10H2,1-3H3. The number of likely N-dealkylation sites (N-methyl/N-ethyl adjacent to an activating group) is 1. The molecule has 5 heteroatoms. The van der Waals surface area contributed by atoms with Gasteiger partial charge < -0.3 is 15.0 Å². The highest BCUT2D eigenvalue weighted by Gasteiger charge is 2.05. The molecule has 0 aromatic heterocycles. The van der Waals surface area contributed by atoms with E-state index in [-0.39, 0.29) is 5.75 Å². The molecule has 0 atom stereocenters. The lowest BCUT2D eigenvalue weighted by Gasteiger charge is -2.18. The van der Waals surface area contributed by atoms with Crippen LogP contribution in [0.15, 0.2) is 24.3 Å². The molecule has 3 nitrogen and oxygen atoms in total. The van der Waals surface area contributed by atoms with E-state index in [9.17, 15) is 8.78 Å². The molecule has 0 saturated heterocycles. The number of ether oxygens (including phenoxy) is 1. The third-order valence-electron chi connectivity index (χ3n) is 2.65. The van der Waals surface area contributed by atoms with Gasteiger partial charge in [0.25, 0.3) is 0 Å². The van der Waals surface area contributed by atoms with Crippen LogP contribution in [0.5, 0.6) is 5.75 Å². The zero-order valence-electron chi connectivity index (χ0n) is 11.7. The summed E-state index contributed by atoms with van der Waals surface area (Å²) in [5.41, 5.74) is 1.08. The summed E-state index contributed by atoms with van der Waals surface area (Å²) in [5, 5.41) is 3.35. The van der Waals surface area contributed by atoms with Crippen LogP contribution in [-0.2, 0) is 6.54 Å². The topological polar surface area (TPSA) is 24.5 Å². The Kier molecular flexibility index (Phi) is 6.73. The summed E-state index contributed by atoms with van der Waals surface area (Å²) in [5.74, 6) is 0.197. The smallest absolute Gasteiger partial charge is 0.387 e. The van der Waals surface area contributed by atoms with Crippen molar-refractivity contribution in [3.63, 3.8) is 0 Å². The Morgan fingerprint density at radius 3 is 2.37 bits per heavy atom. The van der Waals surface area contributed by atoms with Crippen molar-refractivity contribution in [3.8, 4) is 5.75 Å². The molecular formula is C14H22F2N2O. The number of nitrogens with zero attached hydrogens (tertiary/aromatic N) is 1. The molecule has 1 N–H and O–H groups in total. The summed E-state index contributed by atoms with van der Waals surface area (Å²) < 4.78 is 28.3. The highest BCUT2D eigenvalue weighted by atomic mass is 19.3. The van der Waals surface area contributed by atoms with Gasteiger partial charge in [0, 0.05) is 25.7 Å². The van der Waals surface area contributed by atoms with Crippen molar-refractivity contribution in [2.45, 2.75) is 33.0 Å². The highest BCUT2D eigenvalue weighted by Crippen LogP contribution is 2.15. The first-order valence-electron chi connectivity index (χ1n) is 6.43. The Hall–Kier alpha value is -1.20. The van der Waals surface area contributed by atoms with E-state index in [1.54, 1.807) is 12.1 Å². The van der Waals surface area contributed by atoms with E-state index >= 15 is 0 Å². The summed E-state index contributed by atoms with van der Waals surface area (Å²) in [7, 11) is 2.03. The van der Waals surface area contributed by atoms with Crippen LogP contribution in [0.25, 0.3) is 0 Å². The molecular weight excluding hydrogens is 250 g/mol. The van der Waals surface area contributed by atoms with Gasteiger partial charge in [-0.15, -0.1) is 0 Å². The van der Waals surface area contributed by atoms with Crippen molar-refractivity contribution >= 4 is 0 Å². The van der Waals surface area contributed by atoms with Crippen molar-refractivity contribution in [1.82, 2.24) is 10.2 Å². The van der Waals surface area contributed by atoms with Crippen LogP contribution in [0.1, 0.15) is 19.4 Å². The largest absolute Gasteiger partial charge is 0.435 e. The summed E-state index contributed by atoms with van der Waals surface area (Å²) in [6, 6.07) is 7.25. The molecule has 0 spiro atoms. The lowest BCUT2D eigenvalue weighted by molar-refractivity contribution is -0.0498. The van der Waals surface area contributed by atoms with E-state index in [0.29, 0.717) is 6.04 Å². The molecule has 1 rings (SSSR count). The lowest BCUT2D eigenvalue weighted by Crippen LogP contribution is -2.32. The van der Waals surface area contributed by atoms with Gasteiger partial charge in [0.15, 0.2) is 0 Å². The predicted octanol–water partition coefficient (Wildman–Crippen LogP) is 2.72. The van der Waals surface area contributed by atoms with E-state index in [2.05, 4.69) is 28.8 Å². The summed E-state index contributed by atoms with van der Waals surface area (Å²) >= 11 is 0. The van der Waals surface area contributed by atoms with Gasteiger partial charge in [-0.3, -0.25) is 0 Å². The molecule has 0 heterocycles. The number of hydrogen-bond donors (Lipinski definition) is 1. The third-order valence-corrected chi connectivity index (χ3v) is 2.65. The monoisotopic (exact) mass is 272 g/mol. The lowest BCUT2D eigenvalue weighted by atomic mass is 10.2. The van der Waals surface area contributed by atoms with Gasteiger partial charge in [0.1, 0.15) is 5.75 Å². The van der Waals surface area contributed by atoms with E-state index in [4.69, 9.17) is 0 Å². The van der Waals surface area contributed by atoms with Crippen LogP contribution in [0.3, 0.4) is 0 Å². The molecule has 1 aromatic rings. The van der Waals surface area contributed by atoms with Crippen LogP contribution in [0, 0.1) is 0 Å². The minimum Gasteiger partial charge on any atom is -0.435 e. The van der Waals surface area contributed by atoms with Gasteiger partial charge >= 0.3 is 6.61 Å². The fourth-order valence-electron chi connectivity index (χ4n) is 1.71. The van der Waals surface area contributed by atoms with Crippen molar-refractivity contribution in [1.29, 1.82) is 0 Å². The van der Waals surface area contributed by atoms with Crippen molar-refractivity contribution < 1.29 is 13.5 Å². The highest BCUT2D eigenvalue weighted by molar-refractivity contribution is 5.27. The second kappa shape index (κ2) is 8.07. The fourth-order valence-corrected chi connectivity index (χ4v) is 1.71. The van der Waals surface area contributed by atoms with Crippen molar-refractivity contribution in [3.05, 3.63) is 29.8 Å². The fraction of sp³-hybridized carbons (Fsp3) is 0.571. The van der Waals surface area contributed by atoms with Gasteiger partial charge in [-0.1, -0.05) is 26.0 Å². The molecule has 0 radical (unpaired) electrons. The number of benzene rings is 1. The van der Waals surface area contributed by atoms with Crippen molar-refractivity contribution in [2.75, 3.05) is 20.1 Å². The number of rotatable bonds is 8. The molecule has 0 aliphatic carbocycles. The SMILES string of the molecule is CC(C)NCCN(C)Cc1ccc(OC(F)F)cc1. The molecule has 19 heavy (non-hydrogen) atoms. The quantitative estimate of drug-likeness (QED) is 0.787. The first kappa shape index (κ1) is 15.9. The van der Waals surface area contributed by atoms with E-state index in [1.807, 2.05) is 19.2 Å². The second-order valence-electron chi connectivity index (χ2n) is 4.87. The van der Waals surface area contributed by atoms with Gasteiger partial charge in [-0.05, 0) is 24.7 Å². The first-order valence-corrected chi connectivity index (χ1v) is 6.43. The van der Waals surface area contributed by atoms with E-state index in [0.717, 1.165) is 25.2 Å². The molecule has 0 bridgehead atoms. The summed E-state index contributed by atoms with van der Waals surface area (Å²) in [6.07, 6.45) is 0. The van der Waals surface area contributed by atoms with Gasteiger partial charge in [-0.2, -0.15) is 8.78 Å². The molecule has 108 valence electrons. The Bertz CT molecular complexity index is 355. The molecule has 0 aliphatic rings. The van der Waals surface area contributed by atoms with Crippen LogP contribution < -0.4 is 10.1 Å². The molecule has 0 unspecified atom stereocenters. The van der Waals surface area contributed by atoms with Gasteiger partial charge in [0.05, 0.1) is 0 Å². The minimum absolute atomic E-state index is 0.197. The second-order valence-corrected chi connectivity index (χ2v) is 4.87. The van der Waals surface area contributed by atoms with Crippen LogP contribution in [0.4, 0.5) is 8.78 Å². The van der Waals surface area contributed by atoms with E-state index < -0.39 is 6.61 Å². The molecule has 0 fully saturated rings. The number of hydrogen-bond acceptors (Lipinski definition) is 3. The molecule has 0 aliphatic heterocycles. The Morgan fingerprint density at radius 2 is 1.84 bits per heavy atom. The summed E-state index contributed by atoms with van der Waals surface area (Å²) in [6.45, 7) is 4.11. The van der Waals surface area contributed by atoms with Crippen LogP contribution in [-0.4, -0.2) is 37.7 Å². The van der Waals surface area contributed by atoms with E-state index in [1.165, 1.54) is 0 Å². The number of halogens is 2. The Labute approximate surface area is 113 Å². The summed E-state index contributed by atoms with van der Waals surface area (Å²) in [4.78, 5) is 2.18. The van der Waals surface area contributed by atoms with Gasteiger partial charge in [0.2, 0.25) is 0 Å².